The lowest BCUT2D eigenvalue weighted by Crippen LogP contribution is -2.53. The van der Waals surface area contributed by atoms with Gasteiger partial charge < -0.3 is 10.8 Å². The molecule has 0 fully saturated rings. The maximum atomic E-state index is 12.5. The quantitative estimate of drug-likeness (QED) is 0.830. The molecule has 1 aromatic rings. The zero-order valence-corrected chi connectivity index (χ0v) is 8.48. The summed E-state index contributed by atoms with van der Waals surface area (Å²) < 4.78 is 37.5. The molecular formula is C9H11ClF3NO. The predicted molar refractivity (Wildman–Crippen MR) is 52.7 cm³/mol. The molecular weight excluding hydrogens is 231 g/mol. The van der Waals surface area contributed by atoms with Crippen molar-refractivity contribution in [3.63, 3.8) is 0 Å². The van der Waals surface area contributed by atoms with Gasteiger partial charge in [-0.25, -0.2) is 0 Å². The van der Waals surface area contributed by atoms with Gasteiger partial charge in [-0.3, -0.25) is 0 Å². The highest BCUT2D eigenvalue weighted by atomic mass is 35.5. The Hall–Kier alpha value is -0.780. The highest BCUT2D eigenvalue weighted by Crippen LogP contribution is 2.36. The second kappa shape index (κ2) is 4.83. The van der Waals surface area contributed by atoms with Gasteiger partial charge in [0.1, 0.15) is 0 Å². The van der Waals surface area contributed by atoms with E-state index in [1.165, 1.54) is 24.3 Å². The molecule has 6 heteroatoms. The van der Waals surface area contributed by atoms with Crippen LogP contribution in [0.5, 0.6) is 0 Å². The van der Waals surface area contributed by atoms with Gasteiger partial charge in [0.05, 0.1) is 6.61 Å². The van der Waals surface area contributed by atoms with Crippen molar-refractivity contribution in [2.45, 2.75) is 11.7 Å². The minimum absolute atomic E-state index is 0. The Labute approximate surface area is 91.3 Å². The van der Waals surface area contributed by atoms with Crippen LogP contribution in [-0.2, 0) is 5.54 Å². The molecule has 1 unspecified atom stereocenters. The molecule has 0 aromatic heterocycles. The Morgan fingerprint density at radius 3 is 1.93 bits per heavy atom. The van der Waals surface area contributed by atoms with E-state index < -0.39 is 18.3 Å². The van der Waals surface area contributed by atoms with Crippen LogP contribution < -0.4 is 5.73 Å². The molecule has 0 bridgehead atoms. The number of alkyl halides is 3. The summed E-state index contributed by atoms with van der Waals surface area (Å²) in [6.07, 6.45) is -4.66. The van der Waals surface area contributed by atoms with E-state index in [2.05, 4.69) is 0 Å². The van der Waals surface area contributed by atoms with E-state index in [9.17, 15) is 13.2 Å². The molecule has 1 atom stereocenters. The zero-order valence-electron chi connectivity index (χ0n) is 7.66. The van der Waals surface area contributed by atoms with Crippen LogP contribution >= 0.6 is 12.4 Å². The van der Waals surface area contributed by atoms with Gasteiger partial charge in [-0.05, 0) is 5.56 Å². The van der Waals surface area contributed by atoms with Crippen LogP contribution in [0.3, 0.4) is 0 Å². The number of hydrogen-bond donors (Lipinski definition) is 2. The van der Waals surface area contributed by atoms with Gasteiger partial charge in [0.2, 0.25) is 0 Å². The normalized spacial score (nSPS) is 15.3. The maximum Gasteiger partial charge on any atom is 0.412 e. The number of halogens is 4. The van der Waals surface area contributed by atoms with Gasteiger partial charge in [0, 0.05) is 0 Å². The molecule has 0 spiro atoms. The molecule has 3 N–H and O–H groups in total. The van der Waals surface area contributed by atoms with Gasteiger partial charge >= 0.3 is 6.18 Å². The van der Waals surface area contributed by atoms with Gasteiger partial charge in [-0.2, -0.15) is 13.2 Å². The first-order chi connectivity index (χ1) is 6.42. The molecule has 0 saturated heterocycles. The predicted octanol–water partition coefficient (Wildman–Crippen LogP) is 1.82. The maximum absolute atomic E-state index is 12.5. The summed E-state index contributed by atoms with van der Waals surface area (Å²) in [4.78, 5) is 0. The van der Waals surface area contributed by atoms with E-state index in [0.29, 0.717) is 0 Å². The Bertz CT molecular complexity index is 304. The molecule has 1 aromatic carbocycles. The highest BCUT2D eigenvalue weighted by Gasteiger charge is 2.52. The van der Waals surface area contributed by atoms with Gasteiger partial charge in [0.15, 0.2) is 5.54 Å². The molecule has 1 rings (SSSR count). The number of rotatable bonds is 2. The molecule has 0 radical (unpaired) electrons. The molecule has 15 heavy (non-hydrogen) atoms. The standard InChI is InChI=1S/C9H10F3NO.ClH/c10-9(11,12)8(13,6-14)7-4-2-1-3-5-7;/h1-5,14H,6,13H2;1H. The molecule has 0 aliphatic heterocycles. The largest absolute Gasteiger partial charge is 0.412 e. The van der Waals surface area contributed by atoms with Crippen molar-refractivity contribution in [3.05, 3.63) is 35.9 Å². The van der Waals surface area contributed by atoms with E-state index in [4.69, 9.17) is 10.8 Å². The first kappa shape index (κ1) is 14.2. The van der Waals surface area contributed by atoms with Crippen LogP contribution in [0, 0.1) is 0 Å². The summed E-state index contributed by atoms with van der Waals surface area (Å²) in [5.41, 5.74) is 2.30. The minimum atomic E-state index is -4.66. The second-order valence-electron chi connectivity index (χ2n) is 2.99. The van der Waals surface area contributed by atoms with Crippen molar-refractivity contribution < 1.29 is 18.3 Å². The highest BCUT2D eigenvalue weighted by molar-refractivity contribution is 5.85. The first-order valence-electron chi connectivity index (χ1n) is 3.94. The van der Waals surface area contributed by atoms with Gasteiger partial charge in [-0.15, -0.1) is 12.4 Å². The second-order valence-corrected chi connectivity index (χ2v) is 2.99. The molecule has 0 amide bonds. The lowest BCUT2D eigenvalue weighted by molar-refractivity contribution is -0.199. The summed E-state index contributed by atoms with van der Waals surface area (Å²) in [6, 6.07) is 6.95. The first-order valence-corrected chi connectivity index (χ1v) is 3.94. The van der Waals surface area contributed by atoms with Crippen LogP contribution in [0.4, 0.5) is 13.2 Å². The third kappa shape index (κ3) is 2.62. The van der Waals surface area contributed by atoms with Crippen LogP contribution in [-0.4, -0.2) is 17.9 Å². The average Bonchev–Trinajstić information content (AvgIpc) is 2.16. The topological polar surface area (TPSA) is 46.2 Å². The fraction of sp³-hybridized carbons (Fsp3) is 0.333. The molecule has 0 saturated carbocycles. The number of nitrogens with two attached hydrogens (primary N) is 1. The fourth-order valence-corrected chi connectivity index (χ4v) is 1.08. The number of aliphatic hydroxyl groups is 1. The lowest BCUT2D eigenvalue weighted by Gasteiger charge is -2.30. The third-order valence-electron chi connectivity index (χ3n) is 2.04. The lowest BCUT2D eigenvalue weighted by atomic mass is 9.91. The van der Waals surface area contributed by atoms with Crippen molar-refractivity contribution in [2.24, 2.45) is 5.73 Å². The molecule has 0 aliphatic carbocycles. The number of benzene rings is 1. The molecule has 0 heterocycles. The third-order valence-corrected chi connectivity index (χ3v) is 2.04. The van der Waals surface area contributed by atoms with Gasteiger partial charge in [-0.1, -0.05) is 30.3 Å². The molecule has 86 valence electrons. The zero-order chi connectivity index (χ0) is 10.8. The SMILES string of the molecule is Cl.NC(CO)(c1ccccc1)C(F)(F)F. The summed E-state index contributed by atoms with van der Waals surface area (Å²) in [5.74, 6) is 0. The molecule has 0 aliphatic rings. The van der Waals surface area contributed by atoms with Crippen molar-refractivity contribution in [3.8, 4) is 0 Å². The van der Waals surface area contributed by atoms with Crippen molar-refractivity contribution >= 4 is 12.4 Å². The van der Waals surface area contributed by atoms with E-state index >= 15 is 0 Å². The Kier molecular flexibility index (Phi) is 4.58. The van der Waals surface area contributed by atoms with E-state index in [1.54, 1.807) is 6.07 Å². The van der Waals surface area contributed by atoms with Crippen molar-refractivity contribution in [2.75, 3.05) is 6.61 Å². The number of hydrogen-bond acceptors (Lipinski definition) is 2. The van der Waals surface area contributed by atoms with Crippen LogP contribution in [0.2, 0.25) is 0 Å². The van der Waals surface area contributed by atoms with Crippen molar-refractivity contribution in [1.29, 1.82) is 0 Å². The summed E-state index contributed by atoms with van der Waals surface area (Å²) >= 11 is 0. The van der Waals surface area contributed by atoms with Crippen LogP contribution in [0.1, 0.15) is 5.56 Å². The average molecular weight is 242 g/mol. The van der Waals surface area contributed by atoms with Crippen LogP contribution in [0.15, 0.2) is 30.3 Å². The van der Waals surface area contributed by atoms with E-state index in [0.717, 1.165) is 0 Å². The Balaban J connectivity index is 0.00000196. The summed E-state index contributed by atoms with van der Waals surface area (Å²) in [5, 5.41) is 8.73. The minimum Gasteiger partial charge on any atom is -0.394 e. The Morgan fingerprint density at radius 1 is 1.13 bits per heavy atom. The molecule has 2 nitrogen and oxygen atoms in total. The van der Waals surface area contributed by atoms with Gasteiger partial charge in [0.25, 0.3) is 0 Å². The summed E-state index contributed by atoms with van der Waals surface area (Å²) in [6.45, 7) is -1.17. The smallest absolute Gasteiger partial charge is 0.394 e. The monoisotopic (exact) mass is 241 g/mol. The van der Waals surface area contributed by atoms with Crippen molar-refractivity contribution in [1.82, 2.24) is 0 Å². The summed E-state index contributed by atoms with van der Waals surface area (Å²) in [7, 11) is 0. The van der Waals surface area contributed by atoms with Crippen LogP contribution in [0.25, 0.3) is 0 Å². The van der Waals surface area contributed by atoms with E-state index in [1.807, 2.05) is 0 Å². The van der Waals surface area contributed by atoms with E-state index in [-0.39, 0.29) is 18.0 Å². The number of aliphatic hydroxyl groups excluding tert-OH is 1. The fourth-order valence-electron chi connectivity index (χ4n) is 1.08. The Morgan fingerprint density at radius 2 is 1.60 bits per heavy atom.